The van der Waals surface area contributed by atoms with Crippen molar-refractivity contribution >= 4 is 11.9 Å². The molecular weight excluding hydrogens is 326 g/mol. The lowest BCUT2D eigenvalue weighted by Gasteiger charge is -2.47. The number of ether oxygens (including phenoxy) is 4. The number of carbonyl (C=O) groups excluding carboxylic acids is 2. The lowest BCUT2D eigenvalue weighted by molar-refractivity contribution is -0.134. The third-order valence-corrected chi connectivity index (χ3v) is 4.90. The molecule has 0 saturated carbocycles. The first kappa shape index (κ1) is 18.6. The quantitative estimate of drug-likeness (QED) is 0.769. The number of amides is 1. The van der Waals surface area contributed by atoms with Crippen LogP contribution in [-0.2, 0) is 23.7 Å². The van der Waals surface area contributed by atoms with Crippen LogP contribution in [0.15, 0.2) is 0 Å². The Labute approximate surface area is 148 Å². The molecule has 0 aliphatic carbocycles. The van der Waals surface area contributed by atoms with Crippen molar-refractivity contribution < 1.29 is 28.5 Å². The van der Waals surface area contributed by atoms with Gasteiger partial charge in [0.05, 0.1) is 38.5 Å². The number of rotatable bonds is 4. The van der Waals surface area contributed by atoms with Gasteiger partial charge in [-0.3, -0.25) is 9.69 Å². The van der Waals surface area contributed by atoms with Crippen LogP contribution in [-0.4, -0.2) is 67.2 Å². The van der Waals surface area contributed by atoms with Crippen LogP contribution in [0.1, 0.15) is 46.5 Å². The summed E-state index contributed by atoms with van der Waals surface area (Å²) in [6.45, 7) is 7.73. The van der Waals surface area contributed by atoms with Crippen molar-refractivity contribution in [1.29, 1.82) is 0 Å². The molecule has 25 heavy (non-hydrogen) atoms. The number of hydrogen-bond donors (Lipinski definition) is 0. The number of Topliss-reactive ketones (excluding diaryl/α,β-unsaturated/α-hetero) is 1. The molecule has 142 valence electrons. The molecule has 3 rings (SSSR count). The van der Waals surface area contributed by atoms with Crippen LogP contribution in [0.5, 0.6) is 0 Å². The maximum Gasteiger partial charge on any atom is 0.410 e. The molecule has 3 aliphatic rings. The number of hydrogen-bond acceptors (Lipinski definition) is 6. The molecule has 7 heteroatoms. The van der Waals surface area contributed by atoms with E-state index in [2.05, 4.69) is 0 Å². The Kier molecular flexibility index (Phi) is 5.65. The highest BCUT2D eigenvalue weighted by molar-refractivity contribution is 5.81. The first-order valence-electron chi connectivity index (χ1n) is 9.18. The predicted octanol–water partition coefficient (Wildman–Crippen LogP) is 2.12. The highest BCUT2D eigenvalue weighted by Crippen LogP contribution is 2.34. The molecular formula is C18H29NO6. The second kappa shape index (κ2) is 7.60. The van der Waals surface area contributed by atoms with Crippen molar-refractivity contribution in [3.63, 3.8) is 0 Å². The fraction of sp³-hybridized carbons (Fsp3) is 0.889. The first-order chi connectivity index (χ1) is 11.8. The van der Waals surface area contributed by atoms with Crippen LogP contribution in [0.25, 0.3) is 0 Å². The summed E-state index contributed by atoms with van der Waals surface area (Å²) in [5.74, 6) is 0.207. The zero-order valence-electron chi connectivity index (χ0n) is 15.4. The van der Waals surface area contributed by atoms with E-state index in [0.717, 1.165) is 0 Å². The fourth-order valence-electron chi connectivity index (χ4n) is 3.83. The van der Waals surface area contributed by atoms with E-state index >= 15 is 0 Å². The number of fused-ring (bicyclic) bond motifs is 2. The van der Waals surface area contributed by atoms with Crippen molar-refractivity contribution in [3.05, 3.63) is 0 Å². The van der Waals surface area contributed by atoms with Gasteiger partial charge in [0, 0.05) is 18.8 Å². The van der Waals surface area contributed by atoms with E-state index in [1.54, 1.807) is 4.90 Å². The Hall–Kier alpha value is -1.18. The molecule has 3 fully saturated rings. The van der Waals surface area contributed by atoms with Gasteiger partial charge in [0.2, 0.25) is 0 Å². The number of piperidine rings is 1. The van der Waals surface area contributed by atoms with Crippen LogP contribution in [0.4, 0.5) is 4.79 Å². The van der Waals surface area contributed by atoms with Crippen LogP contribution < -0.4 is 0 Å². The number of ketones is 1. The maximum atomic E-state index is 12.6. The summed E-state index contributed by atoms with van der Waals surface area (Å²) < 4.78 is 21.9. The summed E-state index contributed by atoms with van der Waals surface area (Å²) in [6, 6.07) is -0.175. The highest BCUT2D eigenvalue weighted by Gasteiger charge is 2.44. The lowest BCUT2D eigenvalue weighted by Crippen LogP contribution is -2.60. The zero-order valence-corrected chi connectivity index (χ0v) is 15.4. The standard InChI is InChI=1S/C18H29NO6/c1-18(2,3)25-17(21)19-13-8-12(9-14(19)11-22-10-13)15(20)4-5-16-23-6-7-24-16/h12-14,16H,4-11H2,1-3H3. The SMILES string of the molecule is CC(C)(C)OC(=O)N1C2COCC1CC(C(=O)CCC1OCCO1)C2. The average Bonchev–Trinajstić information content (AvgIpc) is 3.03. The van der Waals surface area contributed by atoms with Gasteiger partial charge >= 0.3 is 6.09 Å². The summed E-state index contributed by atoms with van der Waals surface area (Å²) in [4.78, 5) is 26.9. The van der Waals surface area contributed by atoms with Crippen LogP contribution in [0.2, 0.25) is 0 Å². The van der Waals surface area contributed by atoms with Gasteiger partial charge < -0.3 is 18.9 Å². The Morgan fingerprint density at radius 2 is 1.68 bits per heavy atom. The summed E-state index contributed by atoms with van der Waals surface area (Å²) in [5.41, 5.74) is -0.528. The fourth-order valence-corrected chi connectivity index (χ4v) is 3.83. The van der Waals surface area contributed by atoms with Crippen molar-refractivity contribution in [2.75, 3.05) is 26.4 Å². The topological polar surface area (TPSA) is 74.3 Å². The Morgan fingerprint density at radius 3 is 2.24 bits per heavy atom. The molecule has 0 aromatic rings. The van der Waals surface area contributed by atoms with Gasteiger partial charge in [-0.05, 0) is 33.6 Å². The van der Waals surface area contributed by atoms with E-state index in [0.29, 0.717) is 52.1 Å². The van der Waals surface area contributed by atoms with Gasteiger partial charge in [-0.2, -0.15) is 0 Å². The van der Waals surface area contributed by atoms with Gasteiger partial charge in [0.25, 0.3) is 0 Å². The lowest BCUT2D eigenvalue weighted by atomic mass is 9.81. The maximum absolute atomic E-state index is 12.6. The van der Waals surface area contributed by atoms with Gasteiger partial charge in [-0.25, -0.2) is 4.79 Å². The highest BCUT2D eigenvalue weighted by atomic mass is 16.7. The van der Waals surface area contributed by atoms with E-state index in [-0.39, 0.29) is 36.2 Å². The van der Waals surface area contributed by atoms with E-state index in [9.17, 15) is 9.59 Å². The van der Waals surface area contributed by atoms with E-state index in [1.165, 1.54) is 0 Å². The van der Waals surface area contributed by atoms with E-state index in [1.807, 2.05) is 20.8 Å². The van der Waals surface area contributed by atoms with Crippen molar-refractivity contribution in [3.8, 4) is 0 Å². The Morgan fingerprint density at radius 1 is 1.08 bits per heavy atom. The smallest absolute Gasteiger partial charge is 0.410 e. The molecule has 0 N–H and O–H groups in total. The third kappa shape index (κ3) is 4.71. The second-order valence-electron chi connectivity index (χ2n) is 8.08. The zero-order chi connectivity index (χ0) is 18.0. The minimum Gasteiger partial charge on any atom is -0.444 e. The predicted molar refractivity (Wildman–Crippen MR) is 89.1 cm³/mol. The molecule has 1 amide bonds. The van der Waals surface area contributed by atoms with Crippen LogP contribution in [0.3, 0.4) is 0 Å². The average molecular weight is 355 g/mol. The number of nitrogens with zero attached hydrogens (tertiary/aromatic N) is 1. The van der Waals surface area contributed by atoms with Crippen molar-refractivity contribution in [1.82, 2.24) is 4.90 Å². The second-order valence-corrected chi connectivity index (χ2v) is 8.08. The van der Waals surface area contributed by atoms with E-state index in [4.69, 9.17) is 18.9 Å². The summed E-state index contributed by atoms with van der Waals surface area (Å²) in [6.07, 6.45) is 1.80. The monoisotopic (exact) mass is 355 g/mol. The molecule has 3 heterocycles. The number of morpholine rings is 1. The van der Waals surface area contributed by atoms with Crippen molar-refractivity contribution in [2.45, 2.75) is 70.4 Å². The largest absolute Gasteiger partial charge is 0.444 e. The van der Waals surface area contributed by atoms with Gasteiger partial charge in [0.15, 0.2) is 6.29 Å². The van der Waals surface area contributed by atoms with Gasteiger partial charge in [-0.1, -0.05) is 0 Å². The molecule has 0 spiro atoms. The molecule has 0 aromatic heterocycles. The normalized spacial score (nSPS) is 30.4. The minimum atomic E-state index is -0.528. The molecule has 2 bridgehead atoms. The van der Waals surface area contributed by atoms with Crippen LogP contribution in [0, 0.1) is 5.92 Å². The molecule has 0 aromatic carbocycles. The third-order valence-electron chi connectivity index (χ3n) is 4.90. The molecule has 7 nitrogen and oxygen atoms in total. The summed E-state index contributed by atoms with van der Waals surface area (Å²) in [7, 11) is 0. The van der Waals surface area contributed by atoms with E-state index < -0.39 is 5.60 Å². The van der Waals surface area contributed by atoms with Crippen LogP contribution >= 0.6 is 0 Å². The number of carbonyl (C=O) groups is 2. The van der Waals surface area contributed by atoms with Gasteiger partial charge in [-0.15, -0.1) is 0 Å². The molecule has 0 radical (unpaired) electrons. The van der Waals surface area contributed by atoms with Gasteiger partial charge in [0.1, 0.15) is 11.4 Å². The first-order valence-corrected chi connectivity index (χ1v) is 9.18. The Balaban J connectivity index is 1.56. The molecule has 3 aliphatic heterocycles. The minimum absolute atomic E-state index is 0.0287. The Bertz CT molecular complexity index is 482. The molecule has 3 saturated heterocycles. The molecule has 2 atom stereocenters. The summed E-state index contributed by atoms with van der Waals surface area (Å²) in [5, 5.41) is 0. The van der Waals surface area contributed by atoms with Crippen molar-refractivity contribution in [2.24, 2.45) is 5.92 Å². The summed E-state index contributed by atoms with van der Waals surface area (Å²) >= 11 is 0. The molecule has 2 unspecified atom stereocenters.